The van der Waals surface area contributed by atoms with Crippen LogP contribution in [-0.2, 0) is 0 Å². The van der Waals surface area contributed by atoms with E-state index < -0.39 is 0 Å². The monoisotopic (exact) mass is 195 g/mol. The summed E-state index contributed by atoms with van der Waals surface area (Å²) in [7, 11) is 1.96. The van der Waals surface area contributed by atoms with Gasteiger partial charge >= 0.3 is 0 Å². The molecule has 14 heavy (non-hydrogen) atoms. The van der Waals surface area contributed by atoms with Gasteiger partial charge in [0.05, 0.1) is 0 Å². The van der Waals surface area contributed by atoms with Crippen molar-refractivity contribution in [3.63, 3.8) is 0 Å². The molecular formula is C9H17N5. The Labute approximate surface area is 84.4 Å². The van der Waals surface area contributed by atoms with Gasteiger partial charge in [-0.3, -0.25) is 0 Å². The van der Waals surface area contributed by atoms with Crippen LogP contribution in [0.3, 0.4) is 0 Å². The molecule has 0 saturated carbocycles. The molecule has 78 valence electrons. The molecule has 1 unspecified atom stereocenters. The van der Waals surface area contributed by atoms with Crippen LogP contribution in [0.1, 0.15) is 20.3 Å². The first-order valence-electron chi connectivity index (χ1n) is 4.79. The van der Waals surface area contributed by atoms with E-state index in [1.807, 2.05) is 11.9 Å². The van der Waals surface area contributed by atoms with Crippen molar-refractivity contribution in [3.05, 3.63) is 6.33 Å². The Balaban J connectivity index is 2.64. The van der Waals surface area contributed by atoms with E-state index in [0.29, 0.717) is 11.9 Å². The van der Waals surface area contributed by atoms with E-state index in [4.69, 9.17) is 5.73 Å². The number of nitrogens with zero attached hydrogens (tertiary/aromatic N) is 4. The minimum absolute atomic E-state index is 0.269. The zero-order chi connectivity index (χ0) is 10.6. The number of hydrogen-bond donors (Lipinski definition) is 1. The summed E-state index contributed by atoms with van der Waals surface area (Å²) in [5.41, 5.74) is 5.47. The largest absolute Gasteiger partial charge is 0.368 e. The van der Waals surface area contributed by atoms with Crippen LogP contribution >= 0.6 is 0 Å². The average Bonchev–Trinajstić information content (AvgIpc) is 2.17. The van der Waals surface area contributed by atoms with Crippen LogP contribution < -0.4 is 10.6 Å². The van der Waals surface area contributed by atoms with Gasteiger partial charge in [-0.15, -0.1) is 0 Å². The molecule has 0 aliphatic carbocycles. The van der Waals surface area contributed by atoms with Crippen LogP contribution in [-0.4, -0.2) is 28.5 Å². The molecule has 0 spiro atoms. The highest BCUT2D eigenvalue weighted by Crippen LogP contribution is 2.09. The zero-order valence-electron chi connectivity index (χ0n) is 8.94. The van der Waals surface area contributed by atoms with Crippen LogP contribution in [0.2, 0.25) is 0 Å². The molecule has 0 aliphatic rings. The van der Waals surface area contributed by atoms with E-state index in [9.17, 15) is 0 Å². The van der Waals surface area contributed by atoms with Gasteiger partial charge in [-0.25, -0.2) is 9.97 Å². The molecule has 0 radical (unpaired) electrons. The summed E-state index contributed by atoms with van der Waals surface area (Å²) >= 11 is 0. The predicted octanol–water partition coefficient (Wildman–Crippen LogP) is 0.936. The van der Waals surface area contributed by atoms with E-state index in [2.05, 4.69) is 28.8 Å². The maximum Gasteiger partial charge on any atom is 0.229 e. The third-order valence-electron chi connectivity index (χ3n) is 2.20. The molecule has 5 heteroatoms. The van der Waals surface area contributed by atoms with Crippen molar-refractivity contribution in [3.8, 4) is 0 Å². The lowest BCUT2D eigenvalue weighted by atomic mass is 10.1. The SMILES string of the molecule is CCC(C)CN(C)c1ncnc(N)n1. The molecule has 0 fully saturated rings. The Kier molecular flexibility index (Phi) is 3.62. The molecule has 0 saturated heterocycles. The van der Waals surface area contributed by atoms with Gasteiger partial charge in [0, 0.05) is 13.6 Å². The average molecular weight is 195 g/mol. The highest BCUT2D eigenvalue weighted by molar-refractivity contribution is 5.31. The molecule has 1 aromatic rings. The Morgan fingerprint density at radius 2 is 2.21 bits per heavy atom. The van der Waals surface area contributed by atoms with Gasteiger partial charge in [0.15, 0.2) is 0 Å². The molecule has 0 aromatic carbocycles. The fourth-order valence-electron chi connectivity index (χ4n) is 1.16. The minimum Gasteiger partial charge on any atom is -0.368 e. The summed E-state index contributed by atoms with van der Waals surface area (Å²) in [6, 6.07) is 0. The van der Waals surface area contributed by atoms with Crippen molar-refractivity contribution in [1.82, 2.24) is 15.0 Å². The van der Waals surface area contributed by atoms with E-state index in [-0.39, 0.29) is 5.95 Å². The molecule has 0 amide bonds. The molecule has 0 bridgehead atoms. The molecule has 1 atom stereocenters. The summed E-state index contributed by atoms with van der Waals surface area (Å²) in [4.78, 5) is 13.8. The molecule has 1 rings (SSSR count). The van der Waals surface area contributed by atoms with Crippen molar-refractivity contribution >= 4 is 11.9 Å². The lowest BCUT2D eigenvalue weighted by Gasteiger charge is -2.20. The first-order valence-corrected chi connectivity index (χ1v) is 4.79. The second-order valence-corrected chi connectivity index (χ2v) is 3.54. The predicted molar refractivity (Wildman–Crippen MR) is 57.0 cm³/mol. The third kappa shape index (κ3) is 2.83. The first kappa shape index (κ1) is 10.7. The Morgan fingerprint density at radius 3 is 2.79 bits per heavy atom. The number of anilines is 2. The van der Waals surface area contributed by atoms with Crippen molar-refractivity contribution < 1.29 is 0 Å². The number of nitrogens with two attached hydrogens (primary N) is 1. The van der Waals surface area contributed by atoms with Gasteiger partial charge < -0.3 is 10.6 Å². The second kappa shape index (κ2) is 4.74. The molecular weight excluding hydrogens is 178 g/mol. The van der Waals surface area contributed by atoms with E-state index in [1.54, 1.807) is 0 Å². The van der Waals surface area contributed by atoms with Gasteiger partial charge in [-0.05, 0) is 5.92 Å². The lowest BCUT2D eigenvalue weighted by molar-refractivity contribution is 0.555. The number of rotatable bonds is 4. The van der Waals surface area contributed by atoms with Crippen molar-refractivity contribution in [2.75, 3.05) is 24.2 Å². The van der Waals surface area contributed by atoms with Crippen molar-refractivity contribution in [2.45, 2.75) is 20.3 Å². The number of aromatic nitrogens is 3. The van der Waals surface area contributed by atoms with Gasteiger partial charge in [0.1, 0.15) is 6.33 Å². The maximum absolute atomic E-state index is 5.47. The Hall–Kier alpha value is -1.39. The fraction of sp³-hybridized carbons (Fsp3) is 0.667. The summed E-state index contributed by atoms with van der Waals surface area (Å²) in [6.45, 7) is 5.29. The summed E-state index contributed by atoms with van der Waals surface area (Å²) in [5.74, 6) is 1.53. The lowest BCUT2D eigenvalue weighted by Crippen LogP contribution is -2.25. The number of nitrogen functional groups attached to an aromatic ring is 1. The second-order valence-electron chi connectivity index (χ2n) is 3.54. The van der Waals surface area contributed by atoms with Crippen LogP contribution in [0, 0.1) is 5.92 Å². The minimum atomic E-state index is 0.269. The van der Waals surface area contributed by atoms with Crippen LogP contribution in [0.25, 0.3) is 0 Å². The van der Waals surface area contributed by atoms with Crippen LogP contribution in [0.15, 0.2) is 6.33 Å². The summed E-state index contributed by atoms with van der Waals surface area (Å²) in [5, 5.41) is 0. The summed E-state index contributed by atoms with van der Waals surface area (Å²) in [6.07, 6.45) is 2.58. The fourth-order valence-corrected chi connectivity index (χ4v) is 1.16. The Morgan fingerprint density at radius 1 is 1.50 bits per heavy atom. The van der Waals surface area contributed by atoms with Gasteiger partial charge in [0.25, 0.3) is 0 Å². The molecule has 1 heterocycles. The zero-order valence-corrected chi connectivity index (χ0v) is 8.94. The quantitative estimate of drug-likeness (QED) is 0.774. The van der Waals surface area contributed by atoms with Crippen molar-refractivity contribution in [2.24, 2.45) is 5.92 Å². The first-order chi connectivity index (χ1) is 6.63. The van der Waals surface area contributed by atoms with Gasteiger partial charge in [-0.2, -0.15) is 4.98 Å². The van der Waals surface area contributed by atoms with Crippen LogP contribution in [0.4, 0.5) is 11.9 Å². The van der Waals surface area contributed by atoms with Gasteiger partial charge in [0.2, 0.25) is 11.9 Å². The molecule has 1 aromatic heterocycles. The maximum atomic E-state index is 5.47. The topological polar surface area (TPSA) is 67.9 Å². The highest BCUT2D eigenvalue weighted by Gasteiger charge is 2.08. The van der Waals surface area contributed by atoms with Crippen molar-refractivity contribution in [1.29, 1.82) is 0 Å². The summed E-state index contributed by atoms with van der Waals surface area (Å²) < 4.78 is 0. The van der Waals surface area contributed by atoms with E-state index in [0.717, 1.165) is 13.0 Å². The van der Waals surface area contributed by atoms with E-state index in [1.165, 1.54) is 6.33 Å². The van der Waals surface area contributed by atoms with E-state index >= 15 is 0 Å². The highest BCUT2D eigenvalue weighted by atomic mass is 15.3. The van der Waals surface area contributed by atoms with Gasteiger partial charge in [-0.1, -0.05) is 20.3 Å². The van der Waals surface area contributed by atoms with Crippen LogP contribution in [0.5, 0.6) is 0 Å². The third-order valence-corrected chi connectivity index (χ3v) is 2.20. The molecule has 2 N–H and O–H groups in total. The standard InChI is InChI=1S/C9H17N5/c1-4-7(2)5-14(3)9-12-6-11-8(10)13-9/h6-7H,4-5H2,1-3H3,(H2,10,11,12,13). The Bertz CT molecular complexity index is 288. The smallest absolute Gasteiger partial charge is 0.229 e. The molecule has 5 nitrogen and oxygen atoms in total. The normalized spacial score (nSPS) is 12.5. The molecule has 0 aliphatic heterocycles. The number of hydrogen-bond acceptors (Lipinski definition) is 5.